The summed E-state index contributed by atoms with van der Waals surface area (Å²) in [5.41, 5.74) is 0.960. The number of benzene rings is 1. The Hall–Kier alpha value is -2.43. The second-order valence-electron chi connectivity index (χ2n) is 5.72. The van der Waals surface area contributed by atoms with Gasteiger partial charge in [-0.15, -0.1) is 4.73 Å². The maximum absolute atomic E-state index is 12.5. The molecule has 0 aliphatic carbocycles. The van der Waals surface area contributed by atoms with Crippen LogP contribution in [0.2, 0.25) is 0 Å². The third-order valence-electron chi connectivity index (χ3n) is 3.30. The molecule has 116 valence electrons. The summed E-state index contributed by atoms with van der Waals surface area (Å²) in [6.07, 6.45) is 1.60. The fraction of sp³-hybridized carbons (Fsp3) is 0.353. The molecule has 22 heavy (non-hydrogen) atoms. The largest absolute Gasteiger partial charge is 0.363 e. The van der Waals surface area contributed by atoms with E-state index in [1.807, 2.05) is 33.8 Å². The molecular formula is C17H20N2O3. The van der Waals surface area contributed by atoms with Gasteiger partial charge in [0, 0.05) is 5.92 Å². The maximum Gasteiger partial charge on any atom is 0.363 e. The highest BCUT2D eigenvalue weighted by atomic mass is 16.7. The Morgan fingerprint density at radius 3 is 2.27 bits per heavy atom. The zero-order valence-electron chi connectivity index (χ0n) is 13.2. The topological polar surface area (TPSA) is 61.2 Å². The molecule has 0 radical (unpaired) electrons. The number of hydrogen-bond donors (Lipinski definition) is 0. The average molecular weight is 300 g/mol. The van der Waals surface area contributed by atoms with Gasteiger partial charge in [-0.25, -0.2) is 4.79 Å². The van der Waals surface area contributed by atoms with E-state index in [0.29, 0.717) is 17.0 Å². The fourth-order valence-electron chi connectivity index (χ4n) is 2.05. The van der Waals surface area contributed by atoms with Gasteiger partial charge in [-0.2, -0.15) is 0 Å². The van der Waals surface area contributed by atoms with Crippen LogP contribution in [0.25, 0.3) is 0 Å². The summed E-state index contributed by atoms with van der Waals surface area (Å²) in [5.74, 6) is -0.606. The van der Waals surface area contributed by atoms with E-state index < -0.39 is 5.97 Å². The summed E-state index contributed by atoms with van der Waals surface area (Å²) in [5, 5.41) is 0. The van der Waals surface area contributed by atoms with E-state index in [4.69, 9.17) is 4.84 Å². The van der Waals surface area contributed by atoms with Crippen LogP contribution in [-0.4, -0.2) is 15.7 Å². The van der Waals surface area contributed by atoms with Crippen LogP contribution in [0.5, 0.6) is 0 Å². The van der Waals surface area contributed by atoms with E-state index in [0.717, 1.165) is 4.73 Å². The first kappa shape index (κ1) is 15.9. The molecule has 0 aliphatic rings. The van der Waals surface area contributed by atoms with Gasteiger partial charge in [0.25, 0.3) is 0 Å². The molecule has 0 N–H and O–H groups in total. The highest BCUT2D eigenvalue weighted by Crippen LogP contribution is 2.14. The Kier molecular flexibility index (Phi) is 4.75. The monoisotopic (exact) mass is 300 g/mol. The van der Waals surface area contributed by atoms with Crippen molar-refractivity contribution < 1.29 is 9.63 Å². The van der Waals surface area contributed by atoms with Crippen LogP contribution < -0.4 is 10.4 Å². The van der Waals surface area contributed by atoms with Crippen molar-refractivity contribution in [2.75, 3.05) is 0 Å². The van der Waals surface area contributed by atoms with Crippen molar-refractivity contribution in [1.82, 2.24) is 9.71 Å². The number of carbonyl (C=O) groups excluding carboxylic acids is 1. The summed E-state index contributed by atoms with van der Waals surface area (Å²) in [4.78, 5) is 34.3. The standard InChI is InChI=1S/C17H20N2O3/c1-11(2)14-10-18-15(12(3)4)16(20)19(14)22-17(21)13-8-6-5-7-9-13/h5-12H,1-4H3. The van der Waals surface area contributed by atoms with E-state index in [2.05, 4.69) is 4.98 Å². The highest BCUT2D eigenvalue weighted by molar-refractivity contribution is 5.89. The molecule has 1 aromatic heterocycles. The van der Waals surface area contributed by atoms with Gasteiger partial charge in [0.05, 0.1) is 17.5 Å². The SMILES string of the molecule is CC(C)c1ncc(C(C)C)n(OC(=O)c2ccccc2)c1=O. The smallest absolute Gasteiger partial charge is 0.328 e. The molecule has 1 aromatic carbocycles. The first-order chi connectivity index (χ1) is 10.4. The van der Waals surface area contributed by atoms with Gasteiger partial charge in [0.2, 0.25) is 0 Å². The highest BCUT2D eigenvalue weighted by Gasteiger charge is 2.19. The molecule has 0 spiro atoms. The predicted molar refractivity (Wildman–Crippen MR) is 84.0 cm³/mol. The molecule has 1 heterocycles. The third kappa shape index (κ3) is 3.24. The second kappa shape index (κ2) is 6.56. The molecule has 5 nitrogen and oxygen atoms in total. The number of hydrogen-bond acceptors (Lipinski definition) is 4. The molecule has 0 bridgehead atoms. The molecule has 2 rings (SSSR count). The van der Waals surface area contributed by atoms with Gasteiger partial charge in [0.1, 0.15) is 5.69 Å². The van der Waals surface area contributed by atoms with Crippen LogP contribution in [0, 0.1) is 0 Å². The number of aromatic nitrogens is 2. The van der Waals surface area contributed by atoms with Crippen LogP contribution in [0.1, 0.15) is 61.3 Å². The molecule has 0 amide bonds. The Bertz CT molecular complexity index is 718. The lowest BCUT2D eigenvalue weighted by Crippen LogP contribution is -2.36. The average Bonchev–Trinajstić information content (AvgIpc) is 2.49. The number of rotatable bonds is 4. The van der Waals surface area contributed by atoms with Crippen molar-refractivity contribution in [3.05, 3.63) is 63.8 Å². The zero-order valence-corrected chi connectivity index (χ0v) is 13.2. The molecular weight excluding hydrogens is 280 g/mol. The molecule has 2 aromatic rings. The van der Waals surface area contributed by atoms with Crippen molar-refractivity contribution in [2.45, 2.75) is 39.5 Å². The van der Waals surface area contributed by atoms with Crippen LogP contribution in [0.15, 0.2) is 41.3 Å². The minimum atomic E-state index is -0.564. The molecule has 0 aliphatic heterocycles. The lowest BCUT2D eigenvalue weighted by Gasteiger charge is -2.16. The van der Waals surface area contributed by atoms with Gasteiger partial charge in [-0.1, -0.05) is 45.9 Å². The number of nitrogens with zero attached hydrogens (tertiary/aromatic N) is 2. The van der Waals surface area contributed by atoms with E-state index in [9.17, 15) is 9.59 Å². The van der Waals surface area contributed by atoms with Gasteiger partial charge in [0.15, 0.2) is 0 Å². The van der Waals surface area contributed by atoms with Gasteiger partial charge < -0.3 is 4.84 Å². The molecule has 0 atom stereocenters. The minimum Gasteiger partial charge on any atom is -0.328 e. The minimum absolute atomic E-state index is 0.00462. The normalized spacial score (nSPS) is 11.0. The van der Waals surface area contributed by atoms with Crippen molar-refractivity contribution in [3.63, 3.8) is 0 Å². The van der Waals surface area contributed by atoms with E-state index in [-0.39, 0.29) is 17.4 Å². The molecule has 0 saturated heterocycles. The quantitative estimate of drug-likeness (QED) is 0.871. The van der Waals surface area contributed by atoms with E-state index in [1.165, 1.54) is 0 Å². The Morgan fingerprint density at radius 1 is 1.09 bits per heavy atom. The Labute approximate surface area is 129 Å². The third-order valence-corrected chi connectivity index (χ3v) is 3.30. The summed E-state index contributed by atoms with van der Waals surface area (Å²) >= 11 is 0. The lowest BCUT2D eigenvalue weighted by molar-refractivity contribution is 0.0419. The molecule has 0 unspecified atom stereocenters. The van der Waals surface area contributed by atoms with Crippen LogP contribution in [0.4, 0.5) is 0 Å². The maximum atomic E-state index is 12.5. The summed E-state index contributed by atoms with van der Waals surface area (Å²) in [6, 6.07) is 8.59. The van der Waals surface area contributed by atoms with Crippen molar-refractivity contribution >= 4 is 5.97 Å². The fourth-order valence-corrected chi connectivity index (χ4v) is 2.05. The van der Waals surface area contributed by atoms with Crippen molar-refractivity contribution in [1.29, 1.82) is 0 Å². The molecule has 5 heteroatoms. The first-order valence-electron chi connectivity index (χ1n) is 7.31. The summed E-state index contributed by atoms with van der Waals surface area (Å²) in [6.45, 7) is 7.58. The van der Waals surface area contributed by atoms with Crippen LogP contribution >= 0.6 is 0 Å². The van der Waals surface area contributed by atoms with Gasteiger partial charge in [-0.05, 0) is 18.1 Å². The Balaban J connectivity index is 2.46. The second-order valence-corrected chi connectivity index (χ2v) is 5.72. The molecule has 0 fully saturated rings. The van der Waals surface area contributed by atoms with Crippen molar-refractivity contribution in [2.24, 2.45) is 0 Å². The van der Waals surface area contributed by atoms with E-state index in [1.54, 1.807) is 30.5 Å². The predicted octanol–water partition coefficient (Wildman–Crippen LogP) is 2.76. The zero-order chi connectivity index (χ0) is 16.3. The Morgan fingerprint density at radius 2 is 1.73 bits per heavy atom. The number of carbonyl (C=O) groups is 1. The first-order valence-corrected chi connectivity index (χ1v) is 7.31. The van der Waals surface area contributed by atoms with Crippen LogP contribution in [0.3, 0.4) is 0 Å². The van der Waals surface area contributed by atoms with Gasteiger partial charge in [-0.3, -0.25) is 9.78 Å². The molecule has 0 saturated carbocycles. The summed E-state index contributed by atoms with van der Waals surface area (Å²) < 4.78 is 1.07. The summed E-state index contributed by atoms with van der Waals surface area (Å²) in [7, 11) is 0. The van der Waals surface area contributed by atoms with E-state index >= 15 is 0 Å². The van der Waals surface area contributed by atoms with Crippen molar-refractivity contribution in [3.8, 4) is 0 Å². The lowest BCUT2D eigenvalue weighted by atomic mass is 10.1. The van der Waals surface area contributed by atoms with Gasteiger partial charge >= 0.3 is 11.5 Å². The van der Waals surface area contributed by atoms with Crippen LogP contribution in [-0.2, 0) is 0 Å².